The first-order valence-electron chi connectivity index (χ1n) is 19.3. The number of hydrogen-bond acceptors (Lipinski definition) is 24. The number of carbonyl (C=O) groups excluding carboxylic acids is 2. The van der Waals surface area contributed by atoms with Gasteiger partial charge in [-0.1, -0.05) is 0 Å². The molecule has 5 saturated heterocycles. The highest BCUT2D eigenvalue weighted by Gasteiger charge is 2.54. The first-order chi connectivity index (χ1) is 28.3. The predicted octanol–water partition coefficient (Wildman–Crippen LogP) is -9.93. The highest BCUT2D eigenvalue weighted by Crippen LogP contribution is 2.33. The second-order valence-corrected chi connectivity index (χ2v) is 15.4. The molecule has 26 nitrogen and oxygen atoms in total. The molecule has 5 heterocycles. The van der Waals surface area contributed by atoms with E-state index in [4.69, 9.17) is 42.6 Å². The van der Waals surface area contributed by atoms with Gasteiger partial charge in [0.2, 0.25) is 11.8 Å². The summed E-state index contributed by atoms with van der Waals surface area (Å²) in [5.41, 5.74) is 0. The summed E-state index contributed by atoms with van der Waals surface area (Å²) in [6, 6.07) is -2.69. The van der Waals surface area contributed by atoms with E-state index in [9.17, 15) is 76.0 Å². The highest BCUT2D eigenvalue weighted by molar-refractivity contribution is 5.73. The van der Waals surface area contributed by atoms with Crippen LogP contribution in [0.3, 0.4) is 0 Å². The Morgan fingerprint density at radius 1 is 0.517 bits per heavy atom. The number of carbonyl (C=O) groups is 2. The van der Waals surface area contributed by atoms with Gasteiger partial charge in [-0.15, -0.1) is 0 Å². The molecule has 0 saturated carbocycles. The lowest BCUT2D eigenvalue weighted by Gasteiger charge is -2.49. The number of aliphatic hydroxyl groups is 13. The summed E-state index contributed by atoms with van der Waals surface area (Å²) in [4.78, 5) is 24.4. The van der Waals surface area contributed by atoms with E-state index in [0.29, 0.717) is 0 Å². The summed E-state index contributed by atoms with van der Waals surface area (Å²) < 4.78 is 51.3. The molecular formula is C34H58N2O24. The van der Waals surface area contributed by atoms with Gasteiger partial charge in [-0.2, -0.15) is 0 Å². The maximum atomic E-state index is 12.5. The van der Waals surface area contributed by atoms with Crippen LogP contribution in [0.1, 0.15) is 20.8 Å². The van der Waals surface area contributed by atoms with E-state index in [1.165, 1.54) is 13.8 Å². The SMILES string of the molecule is CC(=O)N[C@H]1[C@H](O[C@H]2[C@H](O)[C@@H](NC(C)=O)CO[C@@H]2CO[C@@H]2O[C@@H](C)[C@@H](O)[C@@H](O)[C@@H]2O)O[C@H](CO)[C@@H](O[C@@H]2O[C@H](CO[C@H]3O[C@H](CO)[C@@H](O)[C@H](O)[C@@H]3O)[C@@H](O)[C@H](O)[C@@H]2O)[C@@H]1O. The van der Waals surface area contributed by atoms with Gasteiger partial charge >= 0.3 is 0 Å². The van der Waals surface area contributed by atoms with Crippen molar-refractivity contribution in [3.05, 3.63) is 0 Å². The Hall–Kier alpha value is -1.94. The molecule has 0 unspecified atom stereocenters. The molecule has 0 aromatic carbocycles. The van der Waals surface area contributed by atoms with Crippen LogP contribution in [0.2, 0.25) is 0 Å². The zero-order chi connectivity index (χ0) is 44.3. The third-order valence-corrected chi connectivity index (χ3v) is 11.0. The molecule has 0 aromatic rings. The van der Waals surface area contributed by atoms with Crippen LogP contribution in [-0.2, 0) is 52.2 Å². The van der Waals surface area contributed by atoms with E-state index < -0.39 is 185 Å². The van der Waals surface area contributed by atoms with Crippen LogP contribution in [-0.4, -0.2) is 258 Å². The molecule has 0 aromatic heterocycles. The van der Waals surface area contributed by atoms with Gasteiger partial charge in [0.25, 0.3) is 0 Å². The van der Waals surface area contributed by atoms with Crippen LogP contribution in [0.5, 0.6) is 0 Å². The lowest BCUT2D eigenvalue weighted by Crippen LogP contribution is -2.69. The van der Waals surface area contributed by atoms with Crippen molar-refractivity contribution in [1.29, 1.82) is 0 Å². The Labute approximate surface area is 342 Å². The van der Waals surface area contributed by atoms with Gasteiger partial charge in [0, 0.05) is 13.8 Å². The van der Waals surface area contributed by atoms with Crippen molar-refractivity contribution < 1.29 is 119 Å². The zero-order valence-corrected chi connectivity index (χ0v) is 32.7. The zero-order valence-electron chi connectivity index (χ0n) is 32.7. The van der Waals surface area contributed by atoms with Crippen molar-refractivity contribution >= 4 is 11.8 Å². The maximum absolute atomic E-state index is 12.5. The average molecular weight is 879 g/mol. The van der Waals surface area contributed by atoms with E-state index in [1.807, 2.05) is 0 Å². The number of aliphatic hydroxyl groups excluding tert-OH is 13. The Kier molecular flexibility index (Phi) is 17.3. The summed E-state index contributed by atoms with van der Waals surface area (Å²) in [5.74, 6) is -1.30. The third-order valence-electron chi connectivity index (χ3n) is 11.0. The molecule has 0 bridgehead atoms. The quantitative estimate of drug-likeness (QED) is 0.0770. The number of ether oxygens (including phenoxy) is 9. The normalized spacial score (nSPS) is 48.9. The van der Waals surface area contributed by atoms with Crippen molar-refractivity contribution in [3.63, 3.8) is 0 Å². The van der Waals surface area contributed by atoms with E-state index in [-0.39, 0.29) is 6.61 Å². The van der Waals surface area contributed by atoms with E-state index in [1.54, 1.807) is 0 Å². The molecule has 24 atom stereocenters. The minimum atomic E-state index is -2.02. The lowest BCUT2D eigenvalue weighted by molar-refractivity contribution is -0.363. The van der Waals surface area contributed by atoms with Crippen LogP contribution in [0.15, 0.2) is 0 Å². The fourth-order valence-corrected chi connectivity index (χ4v) is 7.52. The van der Waals surface area contributed by atoms with Crippen molar-refractivity contribution in [3.8, 4) is 0 Å². The molecule has 0 aliphatic carbocycles. The van der Waals surface area contributed by atoms with Gasteiger partial charge in [-0.3, -0.25) is 9.59 Å². The van der Waals surface area contributed by atoms with Crippen LogP contribution < -0.4 is 10.6 Å². The highest BCUT2D eigenvalue weighted by atomic mass is 16.8. The van der Waals surface area contributed by atoms with Gasteiger partial charge in [0.15, 0.2) is 25.2 Å². The van der Waals surface area contributed by atoms with Gasteiger partial charge in [-0.05, 0) is 6.92 Å². The maximum Gasteiger partial charge on any atom is 0.217 e. The summed E-state index contributed by atoms with van der Waals surface area (Å²) in [6.07, 6.45) is -36.3. The molecule has 2 amide bonds. The van der Waals surface area contributed by atoms with Gasteiger partial charge in [0.1, 0.15) is 110 Å². The number of hydrogen-bond donors (Lipinski definition) is 15. The summed E-state index contributed by atoms with van der Waals surface area (Å²) >= 11 is 0. The second-order valence-electron chi connectivity index (χ2n) is 15.4. The average Bonchev–Trinajstić information content (AvgIpc) is 3.20. The second kappa shape index (κ2) is 21.2. The van der Waals surface area contributed by atoms with Crippen LogP contribution in [0.4, 0.5) is 0 Å². The van der Waals surface area contributed by atoms with E-state index in [0.717, 1.165) is 6.92 Å². The van der Waals surface area contributed by atoms with Crippen LogP contribution in [0.25, 0.3) is 0 Å². The molecular weight excluding hydrogens is 820 g/mol. The monoisotopic (exact) mass is 878 g/mol. The fraction of sp³-hybridized carbons (Fsp3) is 0.941. The molecule has 60 heavy (non-hydrogen) atoms. The van der Waals surface area contributed by atoms with Gasteiger partial charge in [0.05, 0.1) is 45.2 Å². The first-order valence-corrected chi connectivity index (χ1v) is 19.3. The fourth-order valence-electron chi connectivity index (χ4n) is 7.52. The van der Waals surface area contributed by atoms with Crippen molar-refractivity contribution in [2.75, 3.05) is 33.0 Å². The summed E-state index contributed by atoms with van der Waals surface area (Å²) in [7, 11) is 0. The van der Waals surface area contributed by atoms with Crippen LogP contribution >= 0.6 is 0 Å². The van der Waals surface area contributed by atoms with E-state index >= 15 is 0 Å². The molecule has 5 fully saturated rings. The standard InChI is InChI=1S/C34H58N2O24/c1-9-18(41)23(46)26(49)32(55-9)54-8-16-30(19(42)12(6-52-16)35-10(2)39)59-31-17(36-11(3)40)22(45)29(14(5-38)57-31)60-34-28(51)25(48)21(44)15(58-34)7-53-33-27(50)24(47)20(43)13(4-37)56-33/h9,12-34,37-38,41-51H,4-8H2,1-3H3,(H,35,39)(H,36,40)/t9-,12-,13+,14+,15+,16+,17+,18+,19+,20+,21+,22+,23+,24-,25-,26-,27-,28-,29+,30+,31-,32+,33-,34-/m0/s1. The number of amides is 2. The minimum absolute atomic E-state index is 0.280. The largest absolute Gasteiger partial charge is 0.394 e. The van der Waals surface area contributed by atoms with Gasteiger partial charge in [-0.25, -0.2) is 0 Å². The molecule has 0 radical (unpaired) electrons. The lowest BCUT2D eigenvalue weighted by atomic mass is 9.94. The summed E-state index contributed by atoms with van der Waals surface area (Å²) in [6.45, 7) is 0.489. The molecule has 5 aliphatic heterocycles. The molecule has 348 valence electrons. The third kappa shape index (κ3) is 10.9. The molecule has 15 N–H and O–H groups in total. The predicted molar refractivity (Wildman–Crippen MR) is 187 cm³/mol. The Balaban J connectivity index is 1.32. The number of rotatable bonds is 14. The van der Waals surface area contributed by atoms with E-state index in [2.05, 4.69) is 10.6 Å². The summed E-state index contributed by atoms with van der Waals surface area (Å²) in [5, 5.41) is 141. The Morgan fingerprint density at radius 2 is 0.983 bits per heavy atom. The molecule has 0 spiro atoms. The Bertz CT molecular complexity index is 1390. The topological polar surface area (TPSA) is 404 Å². The van der Waals surface area contributed by atoms with Gasteiger partial charge < -0.3 is 120 Å². The minimum Gasteiger partial charge on any atom is -0.394 e. The molecule has 26 heteroatoms. The van der Waals surface area contributed by atoms with Crippen molar-refractivity contribution in [2.24, 2.45) is 0 Å². The Morgan fingerprint density at radius 3 is 1.57 bits per heavy atom. The molecule has 5 aliphatic rings. The van der Waals surface area contributed by atoms with Crippen LogP contribution in [0, 0.1) is 0 Å². The first kappa shape index (κ1) is 49.1. The number of nitrogens with one attached hydrogen (secondary N) is 2. The van der Waals surface area contributed by atoms with Crippen molar-refractivity contribution in [2.45, 2.75) is 168 Å². The van der Waals surface area contributed by atoms with Crippen molar-refractivity contribution in [1.82, 2.24) is 10.6 Å². The smallest absolute Gasteiger partial charge is 0.217 e. The molecule has 5 rings (SSSR count).